The second kappa shape index (κ2) is 6.79. The van der Waals surface area contributed by atoms with Crippen LogP contribution in [0.15, 0.2) is 0 Å². The van der Waals surface area contributed by atoms with Crippen molar-refractivity contribution >= 4 is 6.03 Å². The van der Waals surface area contributed by atoms with Crippen LogP contribution >= 0.6 is 0 Å². The van der Waals surface area contributed by atoms with Gasteiger partial charge in [0.1, 0.15) is 0 Å². The Bertz CT molecular complexity index is 316. The third kappa shape index (κ3) is 4.11. The zero-order chi connectivity index (χ0) is 14.6. The van der Waals surface area contributed by atoms with Gasteiger partial charge >= 0.3 is 6.03 Å². The van der Waals surface area contributed by atoms with Gasteiger partial charge in [-0.2, -0.15) is 0 Å². The maximum absolute atomic E-state index is 12.1. The maximum atomic E-state index is 12.1. The van der Waals surface area contributed by atoms with Crippen molar-refractivity contribution in [1.82, 2.24) is 10.2 Å². The van der Waals surface area contributed by atoms with Crippen LogP contribution in [0.3, 0.4) is 0 Å². The molecular formula is C16H30N2O2. The number of hydrogen-bond donors (Lipinski definition) is 2. The molecule has 116 valence electrons. The Morgan fingerprint density at radius 2 is 1.85 bits per heavy atom. The number of nitrogens with one attached hydrogen (secondary N) is 1. The highest BCUT2D eigenvalue weighted by Crippen LogP contribution is 2.33. The SMILES string of the molecule is CCC1CCC(O)(CNC(=O)N2CCC(C)CC2)CC1. The van der Waals surface area contributed by atoms with Gasteiger partial charge in [0.25, 0.3) is 0 Å². The monoisotopic (exact) mass is 282 g/mol. The molecular weight excluding hydrogens is 252 g/mol. The summed E-state index contributed by atoms with van der Waals surface area (Å²) in [5.74, 6) is 1.49. The first-order chi connectivity index (χ1) is 9.52. The summed E-state index contributed by atoms with van der Waals surface area (Å²) in [6, 6.07) is 0.00272. The van der Waals surface area contributed by atoms with E-state index in [1.165, 1.54) is 6.42 Å². The number of rotatable bonds is 3. The summed E-state index contributed by atoms with van der Waals surface area (Å²) in [7, 11) is 0. The summed E-state index contributed by atoms with van der Waals surface area (Å²) >= 11 is 0. The average molecular weight is 282 g/mol. The lowest BCUT2D eigenvalue weighted by molar-refractivity contribution is -0.00747. The fourth-order valence-electron chi connectivity index (χ4n) is 3.36. The van der Waals surface area contributed by atoms with Crippen molar-refractivity contribution in [1.29, 1.82) is 0 Å². The van der Waals surface area contributed by atoms with Crippen molar-refractivity contribution in [2.24, 2.45) is 11.8 Å². The van der Waals surface area contributed by atoms with Gasteiger partial charge in [0.2, 0.25) is 0 Å². The molecule has 1 aliphatic carbocycles. The van der Waals surface area contributed by atoms with E-state index in [-0.39, 0.29) is 6.03 Å². The zero-order valence-corrected chi connectivity index (χ0v) is 13.0. The van der Waals surface area contributed by atoms with Crippen LogP contribution in [0.5, 0.6) is 0 Å². The van der Waals surface area contributed by atoms with Crippen LogP contribution in [0.2, 0.25) is 0 Å². The molecule has 1 saturated carbocycles. The Morgan fingerprint density at radius 1 is 1.25 bits per heavy atom. The van der Waals surface area contributed by atoms with Crippen molar-refractivity contribution in [2.45, 2.75) is 64.4 Å². The van der Waals surface area contributed by atoms with E-state index in [4.69, 9.17) is 0 Å². The molecule has 0 radical (unpaired) electrons. The maximum Gasteiger partial charge on any atom is 0.317 e. The highest BCUT2D eigenvalue weighted by Gasteiger charge is 2.33. The predicted octanol–water partition coefficient (Wildman–Crippen LogP) is 2.76. The van der Waals surface area contributed by atoms with Gasteiger partial charge in [0.05, 0.1) is 5.60 Å². The topological polar surface area (TPSA) is 52.6 Å². The highest BCUT2D eigenvalue weighted by atomic mass is 16.3. The van der Waals surface area contributed by atoms with Crippen molar-refractivity contribution in [3.8, 4) is 0 Å². The van der Waals surface area contributed by atoms with Gasteiger partial charge in [-0.3, -0.25) is 0 Å². The van der Waals surface area contributed by atoms with Crippen LogP contribution in [-0.2, 0) is 0 Å². The standard InChI is InChI=1S/C16H30N2O2/c1-3-14-4-8-16(20,9-5-14)12-17-15(19)18-10-6-13(2)7-11-18/h13-14,20H,3-12H2,1-2H3,(H,17,19). The molecule has 0 unspecified atom stereocenters. The Hall–Kier alpha value is -0.770. The number of hydrogen-bond acceptors (Lipinski definition) is 2. The molecule has 2 amide bonds. The molecule has 4 nitrogen and oxygen atoms in total. The zero-order valence-electron chi connectivity index (χ0n) is 13.0. The number of urea groups is 1. The molecule has 0 aromatic rings. The highest BCUT2D eigenvalue weighted by molar-refractivity contribution is 5.74. The number of aliphatic hydroxyl groups is 1. The van der Waals surface area contributed by atoms with Crippen molar-refractivity contribution in [3.63, 3.8) is 0 Å². The molecule has 1 saturated heterocycles. The van der Waals surface area contributed by atoms with Gasteiger partial charge in [0, 0.05) is 19.6 Å². The minimum absolute atomic E-state index is 0.00272. The lowest BCUT2D eigenvalue weighted by Gasteiger charge is -2.37. The minimum Gasteiger partial charge on any atom is -0.388 e. The smallest absolute Gasteiger partial charge is 0.317 e. The van der Waals surface area contributed by atoms with E-state index >= 15 is 0 Å². The summed E-state index contributed by atoms with van der Waals surface area (Å²) in [5, 5.41) is 13.5. The third-order valence-corrected chi connectivity index (χ3v) is 5.25. The fraction of sp³-hybridized carbons (Fsp3) is 0.938. The van der Waals surface area contributed by atoms with Crippen LogP contribution < -0.4 is 5.32 Å². The summed E-state index contributed by atoms with van der Waals surface area (Å²) in [5.41, 5.74) is -0.676. The molecule has 0 aromatic heterocycles. The fourth-order valence-corrected chi connectivity index (χ4v) is 3.36. The van der Waals surface area contributed by atoms with Gasteiger partial charge in [-0.25, -0.2) is 4.79 Å². The summed E-state index contributed by atoms with van der Waals surface area (Å²) in [6.07, 6.45) is 7.21. The van der Waals surface area contributed by atoms with E-state index in [1.807, 2.05) is 4.90 Å². The largest absolute Gasteiger partial charge is 0.388 e. The molecule has 20 heavy (non-hydrogen) atoms. The molecule has 2 aliphatic rings. The van der Waals surface area contributed by atoms with Crippen LogP contribution in [0.4, 0.5) is 4.79 Å². The number of piperidine rings is 1. The van der Waals surface area contributed by atoms with E-state index in [9.17, 15) is 9.90 Å². The molecule has 1 aliphatic heterocycles. The molecule has 2 fully saturated rings. The van der Waals surface area contributed by atoms with Crippen LogP contribution in [0.1, 0.15) is 58.8 Å². The normalized spacial score (nSPS) is 32.1. The first-order valence-electron chi connectivity index (χ1n) is 8.27. The Kier molecular flexibility index (Phi) is 5.30. The van der Waals surface area contributed by atoms with Crippen molar-refractivity contribution in [3.05, 3.63) is 0 Å². The molecule has 0 bridgehead atoms. The molecule has 2 N–H and O–H groups in total. The number of amides is 2. The number of nitrogens with zero attached hydrogens (tertiary/aromatic N) is 1. The summed E-state index contributed by atoms with van der Waals surface area (Å²) < 4.78 is 0. The van der Waals surface area contributed by atoms with Crippen molar-refractivity contribution in [2.75, 3.05) is 19.6 Å². The van der Waals surface area contributed by atoms with Crippen LogP contribution in [0.25, 0.3) is 0 Å². The van der Waals surface area contributed by atoms with E-state index in [0.717, 1.165) is 63.5 Å². The first-order valence-corrected chi connectivity index (χ1v) is 8.27. The van der Waals surface area contributed by atoms with Gasteiger partial charge in [-0.1, -0.05) is 20.3 Å². The Balaban J connectivity index is 1.73. The van der Waals surface area contributed by atoms with Gasteiger partial charge < -0.3 is 15.3 Å². The van der Waals surface area contributed by atoms with Gasteiger partial charge in [-0.05, 0) is 50.4 Å². The number of carbonyl (C=O) groups is 1. The second-order valence-electron chi connectivity index (χ2n) is 6.90. The van der Waals surface area contributed by atoms with Crippen LogP contribution in [-0.4, -0.2) is 41.3 Å². The lowest BCUT2D eigenvalue weighted by atomic mass is 9.78. The quantitative estimate of drug-likeness (QED) is 0.836. The molecule has 4 heteroatoms. The van der Waals surface area contributed by atoms with Crippen molar-refractivity contribution < 1.29 is 9.90 Å². The Morgan fingerprint density at radius 3 is 2.40 bits per heavy atom. The summed E-state index contributed by atoms with van der Waals surface area (Å²) in [4.78, 5) is 14.0. The minimum atomic E-state index is -0.676. The van der Waals surface area contributed by atoms with E-state index in [0.29, 0.717) is 6.54 Å². The Labute approximate surface area is 122 Å². The van der Waals surface area contributed by atoms with E-state index in [1.54, 1.807) is 0 Å². The lowest BCUT2D eigenvalue weighted by Crippen LogP contribution is -2.50. The molecule has 2 rings (SSSR count). The average Bonchev–Trinajstić information content (AvgIpc) is 2.46. The summed E-state index contributed by atoms with van der Waals surface area (Å²) in [6.45, 7) is 6.57. The number of carbonyl (C=O) groups excluding carboxylic acids is 1. The first kappa shape index (κ1) is 15.6. The second-order valence-corrected chi connectivity index (χ2v) is 6.90. The molecule has 0 aromatic carbocycles. The number of likely N-dealkylation sites (tertiary alicyclic amines) is 1. The van der Waals surface area contributed by atoms with Gasteiger partial charge in [-0.15, -0.1) is 0 Å². The van der Waals surface area contributed by atoms with Gasteiger partial charge in [0.15, 0.2) is 0 Å². The molecule has 0 spiro atoms. The third-order valence-electron chi connectivity index (χ3n) is 5.25. The van der Waals surface area contributed by atoms with Crippen LogP contribution in [0, 0.1) is 11.8 Å². The van der Waals surface area contributed by atoms with E-state index < -0.39 is 5.60 Å². The molecule has 0 atom stereocenters. The molecule has 1 heterocycles. The van der Waals surface area contributed by atoms with E-state index in [2.05, 4.69) is 19.2 Å². The predicted molar refractivity (Wildman–Crippen MR) is 80.6 cm³/mol.